The van der Waals surface area contributed by atoms with Gasteiger partial charge in [-0.05, 0) is 6.07 Å². The molecular weight excluding hydrogens is 140 g/mol. The third-order valence-corrected chi connectivity index (χ3v) is 1.53. The van der Waals surface area contributed by atoms with Crippen LogP contribution in [-0.4, -0.2) is 25.8 Å². The predicted octanol–water partition coefficient (Wildman–Crippen LogP) is 0.545. The van der Waals surface area contributed by atoms with E-state index in [4.69, 9.17) is 0 Å². The maximum Gasteiger partial charge on any atom is 0.135 e. The molecule has 4 heteroatoms. The van der Waals surface area contributed by atoms with Gasteiger partial charge in [-0.1, -0.05) is 0 Å². The minimum Gasteiger partial charge on any atom is -0.373 e. The number of hydrogen-bond acceptors (Lipinski definition) is 3. The van der Waals surface area contributed by atoms with Gasteiger partial charge in [-0.25, -0.2) is 4.68 Å². The summed E-state index contributed by atoms with van der Waals surface area (Å²) in [4.78, 5) is 0. The first kappa shape index (κ1) is 7.78. The van der Waals surface area contributed by atoms with Gasteiger partial charge in [0.2, 0.25) is 0 Å². The SMILES string of the molecule is CNc1[c]cc(NC)n1NC. The van der Waals surface area contributed by atoms with Crippen molar-refractivity contribution in [2.75, 3.05) is 37.2 Å². The van der Waals surface area contributed by atoms with E-state index in [1.807, 2.05) is 31.9 Å². The van der Waals surface area contributed by atoms with Crippen molar-refractivity contribution >= 4 is 11.6 Å². The van der Waals surface area contributed by atoms with Crippen molar-refractivity contribution in [3.05, 3.63) is 12.1 Å². The van der Waals surface area contributed by atoms with E-state index in [9.17, 15) is 0 Å². The fourth-order valence-corrected chi connectivity index (χ4v) is 0.986. The summed E-state index contributed by atoms with van der Waals surface area (Å²) >= 11 is 0. The minimum atomic E-state index is 0.914. The van der Waals surface area contributed by atoms with Gasteiger partial charge >= 0.3 is 0 Å². The zero-order valence-electron chi connectivity index (χ0n) is 7.02. The summed E-state index contributed by atoms with van der Waals surface area (Å²) in [6.45, 7) is 0. The Morgan fingerprint density at radius 2 is 2.00 bits per heavy atom. The molecule has 1 heterocycles. The van der Waals surface area contributed by atoms with Gasteiger partial charge in [-0.3, -0.25) is 0 Å². The summed E-state index contributed by atoms with van der Waals surface area (Å²) in [5, 5.41) is 6.04. The molecule has 0 unspecified atom stereocenters. The number of nitrogens with zero attached hydrogens (tertiary/aromatic N) is 1. The number of nitrogens with one attached hydrogen (secondary N) is 3. The molecule has 3 N–H and O–H groups in total. The zero-order chi connectivity index (χ0) is 8.27. The second-order valence-corrected chi connectivity index (χ2v) is 2.08. The van der Waals surface area contributed by atoms with Crippen molar-refractivity contribution in [3.63, 3.8) is 0 Å². The zero-order valence-corrected chi connectivity index (χ0v) is 7.02. The van der Waals surface area contributed by atoms with E-state index in [0.717, 1.165) is 11.6 Å². The lowest BCUT2D eigenvalue weighted by Gasteiger charge is -2.10. The van der Waals surface area contributed by atoms with E-state index in [0.29, 0.717) is 0 Å². The smallest absolute Gasteiger partial charge is 0.135 e. The molecule has 4 nitrogen and oxygen atoms in total. The molecule has 1 radical (unpaired) electrons. The molecule has 1 rings (SSSR count). The highest BCUT2D eigenvalue weighted by Gasteiger charge is 2.02. The lowest BCUT2D eigenvalue weighted by molar-refractivity contribution is 0.945. The molecule has 0 aromatic carbocycles. The summed E-state index contributed by atoms with van der Waals surface area (Å²) in [7, 11) is 5.59. The van der Waals surface area contributed by atoms with Gasteiger partial charge in [0.1, 0.15) is 11.6 Å². The Morgan fingerprint density at radius 3 is 2.45 bits per heavy atom. The first-order valence-corrected chi connectivity index (χ1v) is 3.50. The van der Waals surface area contributed by atoms with Gasteiger partial charge in [-0.15, -0.1) is 0 Å². The number of rotatable bonds is 3. The maximum absolute atomic E-state index is 3.05. The minimum absolute atomic E-state index is 0.914. The lowest BCUT2D eigenvalue weighted by Crippen LogP contribution is -2.14. The van der Waals surface area contributed by atoms with Crippen LogP contribution < -0.4 is 16.1 Å². The van der Waals surface area contributed by atoms with Gasteiger partial charge in [0, 0.05) is 27.2 Å². The van der Waals surface area contributed by atoms with E-state index in [1.54, 1.807) is 0 Å². The van der Waals surface area contributed by atoms with Crippen LogP contribution in [0.1, 0.15) is 0 Å². The molecule has 0 bridgehead atoms. The third kappa shape index (κ3) is 1.24. The fraction of sp³-hybridized carbons (Fsp3) is 0.429. The standard InChI is InChI=1S/C7H13N4/c1-8-6-4-5-7(9-2)11(6)10-3/h4,8-10H,1-3H3. The van der Waals surface area contributed by atoms with Crippen LogP contribution in [0.25, 0.3) is 0 Å². The van der Waals surface area contributed by atoms with Crippen LogP contribution in [0.15, 0.2) is 6.07 Å². The van der Waals surface area contributed by atoms with E-state index in [1.165, 1.54) is 0 Å². The molecular formula is C7H13N4. The highest BCUT2D eigenvalue weighted by molar-refractivity contribution is 5.50. The lowest BCUT2D eigenvalue weighted by atomic mass is 10.6. The Morgan fingerprint density at radius 1 is 1.27 bits per heavy atom. The molecule has 0 fully saturated rings. The number of aromatic nitrogens is 1. The topological polar surface area (TPSA) is 41.0 Å². The molecule has 0 spiro atoms. The van der Waals surface area contributed by atoms with Crippen molar-refractivity contribution < 1.29 is 0 Å². The molecule has 61 valence electrons. The van der Waals surface area contributed by atoms with Gasteiger partial charge in [0.15, 0.2) is 0 Å². The third-order valence-electron chi connectivity index (χ3n) is 1.53. The summed E-state index contributed by atoms with van der Waals surface area (Å²) in [6, 6.07) is 4.93. The van der Waals surface area contributed by atoms with Crippen LogP contribution in [0.5, 0.6) is 0 Å². The molecule has 0 aliphatic carbocycles. The molecule has 0 saturated heterocycles. The van der Waals surface area contributed by atoms with Crippen LogP contribution >= 0.6 is 0 Å². The van der Waals surface area contributed by atoms with E-state index < -0.39 is 0 Å². The molecule has 1 aromatic rings. The van der Waals surface area contributed by atoms with Crippen LogP contribution in [0, 0.1) is 6.07 Å². The Labute approximate surface area is 66.6 Å². The van der Waals surface area contributed by atoms with E-state index in [2.05, 4.69) is 22.1 Å². The predicted molar refractivity (Wildman–Crippen MR) is 47.6 cm³/mol. The molecule has 0 atom stereocenters. The highest BCUT2D eigenvalue weighted by Crippen LogP contribution is 2.14. The van der Waals surface area contributed by atoms with Crippen molar-refractivity contribution in [2.24, 2.45) is 0 Å². The first-order chi connectivity index (χ1) is 5.33. The average Bonchev–Trinajstić information content (AvgIpc) is 2.45. The second-order valence-electron chi connectivity index (χ2n) is 2.08. The molecule has 1 aromatic heterocycles. The van der Waals surface area contributed by atoms with E-state index >= 15 is 0 Å². The van der Waals surface area contributed by atoms with E-state index in [-0.39, 0.29) is 0 Å². The Hall–Kier alpha value is -1.32. The largest absolute Gasteiger partial charge is 0.373 e. The van der Waals surface area contributed by atoms with Gasteiger partial charge < -0.3 is 16.1 Å². The summed E-state index contributed by atoms with van der Waals surface area (Å²) in [5.74, 6) is 1.90. The average molecular weight is 153 g/mol. The molecule has 0 aliphatic rings. The molecule has 0 amide bonds. The summed E-state index contributed by atoms with van der Waals surface area (Å²) in [6.07, 6.45) is 0. The summed E-state index contributed by atoms with van der Waals surface area (Å²) < 4.78 is 1.88. The number of anilines is 2. The Bertz CT molecular complexity index is 207. The Balaban J connectivity index is 2.99. The normalized spacial score (nSPS) is 9.36. The van der Waals surface area contributed by atoms with Gasteiger partial charge in [0.05, 0.1) is 0 Å². The molecule has 11 heavy (non-hydrogen) atoms. The van der Waals surface area contributed by atoms with Crippen LogP contribution in [0.4, 0.5) is 11.6 Å². The van der Waals surface area contributed by atoms with Gasteiger partial charge in [0.25, 0.3) is 0 Å². The fourth-order valence-electron chi connectivity index (χ4n) is 0.986. The summed E-state index contributed by atoms with van der Waals surface area (Å²) in [5.41, 5.74) is 3.01. The van der Waals surface area contributed by atoms with Crippen LogP contribution in [0.3, 0.4) is 0 Å². The second kappa shape index (κ2) is 3.18. The first-order valence-electron chi connectivity index (χ1n) is 3.50. The molecule has 0 aliphatic heterocycles. The van der Waals surface area contributed by atoms with Gasteiger partial charge in [-0.2, -0.15) is 0 Å². The van der Waals surface area contributed by atoms with Crippen LogP contribution in [0.2, 0.25) is 0 Å². The number of hydrogen-bond donors (Lipinski definition) is 3. The van der Waals surface area contributed by atoms with Crippen molar-refractivity contribution in [1.82, 2.24) is 4.68 Å². The van der Waals surface area contributed by atoms with Crippen LogP contribution in [-0.2, 0) is 0 Å². The maximum atomic E-state index is 3.05. The Kier molecular flexibility index (Phi) is 2.25. The molecule has 0 saturated carbocycles. The van der Waals surface area contributed by atoms with Crippen molar-refractivity contribution in [2.45, 2.75) is 0 Å². The van der Waals surface area contributed by atoms with Crippen molar-refractivity contribution in [1.29, 1.82) is 0 Å². The highest BCUT2D eigenvalue weighted by atomic mass is 15.5. The quantitative estimate of drug-likeness (QED) is 0.594. The van der Waals surface area contributed by atoms with Crippen molar-refractivity contribution in [3.8, 4) is 0 Å². The monoisotopic (exact) mass is 153 g/mol.